The first kappa shape index (κ1) is 12.9. The molecular formula is C15H21N3S. The molecule has 2 unspecified atom stereocenters. The highest BCUT2D eigenvalue weighted by Gasteiger charge is 2.34. The summed E-state index contributed by atoms with van der Waals surface area (Å²) in [6, 6.07) is 4.81. The van der Waals surface area contributed by atoms with Crippen LogP contribution in [0, 0.1) is 6.92 Å². The third-order valence-electron chi connectivity index (χ3n) is 4.24. The maximum absolute atomic E-state index is 4.41. The summed E-state index contributed by atoms with van der Waals surface area (Å²) < 4.78 is 2.35. The van der Waals surface area contributed by atoms with Gasteiger partial charge in [0.2, 0.25) is 0 Å². The highest BCUT2D eigenvalue weighted by atomic mass is 32.1. The Labute approximate surface area is 118 Å². The van der Waals surface area contributed by atoms with Crippen molar-refractivity contribution in [1.29, 1.82) is 0 Å². The monoisotopic (exact) mass is 275 g/mol. The van der Waals surface area contributed by atoms with E-state index in [2.05, 4.69) is 47.8 Å². The number of aromatic nitrogens is 2. The van der Waals surface area contributed by atoms with Gasteiger partial charge in [-0.15, -0.1) is 11.3 Å². The van der Waals surface area contributed by atoms with E-state index in [1.165, 1.54) is 21.9 Å². The molecule has 0 amide bonds. The number of rotatable bonds is 3. The summed E-state index contributed by atoms with van der Waals surface area (Å²) in [6.45, 7) is 8.93. The molecule has 0 saturated carbocycles. The first-order chi connectivity index (χ1) is 9.10. The lowest BCUT2D eigenvalue weighted by Crippen LogP contribution is -2.28. The molecule has 4 heteroatoms. The van der Waals surface area contributed by atoms with Crippen molar-refractivity contribution in [3.8, 4) is 0 Å². The first-order valence-corrected chi connectivity index (χ1v) is 7.71. The van der Waals surface area contributed by atoms with Crippen LogP contribution in [0.4, 0.5) is 0 Å². The van der Waals surface area contributed by atoms with Crippen molar-refractivity contribution < 1.29 is 0 Å². The van der Waals surface area contributed by atoms with E-state index in [9.17, 15) is 0 Å². The van der Waals surface area contributed by atoms with Crippen LogP contribution < -0.4 is 5.32 Å². The third kappa shape index (κ3) is 2.23. The number of hydrogen-bond acceptors (Lipinski definition) is 3. The quantitative estimate of drug-likeness (QED) is 0.933. The summed E-state index contributed by atoms with van der Waals surface area (Å²) in [5.41, 5.74) is 1.58. The molecule has 102 valence electrons. The van der Waals surface area contributed by atoms with E-state index in [0.717, 1.165) is 13.1 Å². The van der Waals surface area contributed by atoms with Gasteiger partial charge in [-0.1, -0.05) is 6.92 Å². The Morgan fingerprint density at radius 1 is 1.47 bits per heavy atom. The van der Waals surface area contributed by atoms with Gasteiger partial charge in [-0.05, 0) is 38.9 Å². The first-order valence-electron chi connectivity index (χ1n) is 6.89. The molecule has 0 radical (unpaired) electrons. The van der Waals surface area contributed by atoms with E-state index in [1.54, 1.807) is 0 Å². The third-order valence-corrected chi connectivity index (χ3v) is 5.41. The summed E-state index contributed by atoms with van der Waals surface area (Å²) in [7, 11) is 0. The molecule has 1 N–H and O–H groups in total. The van der Waals surface area contributed by atoms with Crippen molar-refractivity contribution in [2.45, 2.75) is 38.6 Å². The summed E-state index contributed by atoms with van der Waals surface area (Å²) in [5, 5.41) is 3.47. The zero-order chi connectivity index (χ0) is 13.5. The van der Waals surface area contributed by atoms with Crippen LogP contribution in [0.3, 0.4) is 0 Å². The Morgan fingerprint density at radius 3 is 2.95 bits per heavy atom. The topological polar surface area (TPSA) is 29.9 Å². The molecule has 2 aromatic heterocycles. The van der Waals surface area contributed by atoms with Gasteiger partial charge in [-0.2, -0.15) is 0 Å². The van der Waals surface area contributed by atoms with Crippen LogP contribution in [0.2, 0.25) is 0 Å². The maximum atomic E-state index is 4.41. The second-order valence-electron chi connectivity index (χ2n) is 5.80. The number of thiophene rings is 1. The van der Waals surface area contributed by atoms with Crippen LogP contribution in [-0.4, -0.2) is 22.6 Å². The summed E-state index contributed by atoms with van der Waals surface area (Å²) in [4.78, 5) is 7.19. The molecule has 0 aliphatic carbocycles. The molecule has 1 fully saturated rings. The maximum Gasteiger partial charge on any atom is 0.0954 e. The van der Waals surface area contributed by atoms with Gasteiger partial charge in [0.05, 0.1) is 12.4 Å². The van der Waals surface area contributed by atoms with Crippen molar-refractivity contribution in [1.82, 2.24) is 14.9 Å². The molecule has 3 rings (SSSR count). The molecule has 0 bridgehead atoms. The molecule has 3 heterocycles. The SMILES string of the molecule is Cc1ccc(C(C)n2cncc2C2(C)CCNC2)s1. The fourth-order valence-corrected chi connectivity index (χ4v) is 3.86. The van der Waals surface area contributed by atoms with Crippen LogP contribution >= 0.6 is 11.3 Å². The van der Waals surface area contributed by atoms with Crippen LogP contribution in [0.5, 0.6) is 0 Å². The van der Waals surface area contributed by atoms with Gasteiger partial charge in [-0.3, -0.25) is 0 Å². The van der Waals surface area contributed by atoms with E-state index >= 15 is 0 Å². The molecular weight excluding hydrogens is 254 g/mol. The number of nitrogens with one attached hydrogen (secondary N) is 1. The predicted molar refractivity (Wildman–Crippen MR) is 79.9 cm³/mol. The smallest absolute Gasteiger partial charge is 0.0954 e. The van der Waals surface area contributed by atoms with Gasteiger partial charge in [-0.25, -0.2) is 4.98 Å². The van der Waals surface area contributed by atoms with E-state index in [1.807, 2.05) is 23.9 Å². The zero-order valence-corrected chi connectivity index (χ0v) is 12.6. The second-order valence-corrected chi connectivity index (χ2v) is 7.12. The molecule has 2 aromatic rings. The van der Waals surface area contributed by atoms with Gasteiger partial charge < -0.3 is 9.88 Å². The average molecular weight is 275 g/mol. The van der Waals surface area contributed by atoms with Crippen molar-refractivity contribution in [2.75, 3.05) is 13.1 Å². The van der Waals surface area contributed by atoms with Gasteiger partial charge >= 0.3 is 0 Å². The number of aryl methyl sites for hydroxylation is 1. The number of hydrogen-bond donors (Lipinski definition) is 1. The molecule has 1 saturated heterocycles. The molecule has 2 atom stereocenters. The van der Waals surface area contributed by atoms with Gasteiger partial charge in [0.15, 0.2) is 0 Å². The summed E-state index contributed by atoms with van der Waals surface area (Å²) in [5.74, 6) is 0. The Balaban J connectivity index is 1.96. The minimum Gasteiger partial charge on any atom is -0.326 e. The molecule has 0 aromatic carbocycles. The summed E-state index contributed by atoms with van der Waals surface area (Å²) in [6.07, 6.45) is 5.22. The molecule has 1 aliphatic heterocycles. The van der Waals surface area contributed by atoms with Crippen molar-refractivity contribution in [3.05, 3.63) is 40.1 Å². The van der Waals surface area contributed by atoms with Gasteiger partial charge in [0, 0.05) is 33.6 Å². The number of imidazole rings is 1. The Morgan fingerprint density at radius 2 is 2.32 bits per heavy atom. The Hall–Kier alpha value is -1.13. The highest BCUT2D eigenvalue weighted by Crippen LogP contribution is 2.34. The number of nitrogens with zero attached hydrogens (tertiary/aromatic N) is 2. The highest BCUT2D eigenvalue weighted by molar-refractivity contribution is 7.12. The van der Waals surface area contributed by atoms with Gasteiger partial charge in [0.1, 0.15) is 0 Å². The normalized spacial score (nSPS) is 24.8. The molecule has 0 spiro atoms. The lowest BCUT2D eigenvalue weighted by Gasteiger charge is -2.26. The largest absolute Gasteiger partial charge is 0.326 e. The Kier molecular flexibility index (Phi) is 3.23. The fraction of sp³-hybridized carbons (Fsp3) is 0.533. The van der Waals surface area contributed by atoms with E-state index in [4.69, 9.17) is 0 Å². The molecule has 19 heavy (non-hydrogen) atoms. The summed E-state index contributed by atoms with van der Waals surface area (Å²) >= 11 is 1.88. The Bertz CT molecular complexity index is 563. The standard InChI is InChI=1S/C15H21N3S/c1-11-4-5-13(19-11)12(2)18-10-17-8-14(18)15(3)6-7-16-9-15/h4-5,8,10,12,16H,6-7,9H2,1-3H3. The molecule has 1 aliphatic rings. The second kappa shape index (κ2) is 4.76. The average Bonchev–Trinajstić information content (AvgIpc) is 3.07. The minimum absolute atomic E-state index is 0.219. The van der Waals surface area contributed by atoms with Crippen molar-refractivity contribution >= 4 is 11.3 Å². The van der Waals surface area contributed by atoms with Crippen LogP contribution in [0.1, 0.15) is 41.8 Å². The lowest BCUT2D eigenvalue weighted by atomic mass is 9.86. The lowest BCUT2D eigenvalue weighted by molar-refractivity contribution is 0.462. The van der Waals surface area contributed by atoms with Crippen LogP contribution in [0.15, 0.2) is 24.7 Å². The van der Waals surface area contributed by atoms with E-state index < -0.39 is 0 Å². The van der Waals surface area contributed by atoms with Crippen molar-refractivity contribution in [3.63, 3.8) is 0 Å². The minimum atomic E-state index is 0.219. The van der Waals surface area contributed by atoms with Gasteiger partial charge in [0.25, 0.3) is 0 Å². The predicted octanol–water partition coefficient (Wildman–Crippen LogP) is 3.11. The van der Waals surface area contributed by atoms with Crippen molar-refractivity contribution in [2.24, 2.45) is 0 Å². The van der Waals surface area contributed by atoms with E-state index in [0.29, 0.717) is 6.04 Å². The van der Waals surface area contributed by atoms with Crippen LogP contribution in [0.25, 0.3) is 0 Å². The van der Waals surface area contributed by atoms with Crippen LogP contribution in [-0.2, 0) is 5.41 Å². The fourth-order valence-electron chi connectivity index (χ4n) is 2.93. The van der Waals surface area contributed by atoms with E-state index in [-0.39, 0.29) is 5.41 Å². The zero-order valence-electron chi connectivity index (χ0n) is 11.8. The molecule has 3 nitrogen and oxygen atoms in total.